The summed E-state index contributed by atoms with van der Waals surface area (Å²) in [4.78, 5) is 25.7. The summed E-state index contributed by atoms with van der Waals surface area (Å²) in [7, 11) is 9.21. The van der Waals surface area contributed by atoms with Gasteiger partial charge in [0, 0.05) is 96.1 Å². The molecule has 1 amide bonds. The van der Waals surface area contributed by atoms with Crippen LogP contribution < -0.4 is 29.8 Å². The van der Waals surface area contributed by atoms with Crippen molar-refractivity contribution in [3.05, 3.63) is 72.8 Å². The van der Waals surface area contributed by atoms with Crippen LogP contribution in [0.5, 0.6) is 0 Å². The van der Waals surface area contributed by atoms with Crippen LogP contribution in [0.25, 0.3) is 0 Å². The molecule has 300 valence electrons. The van der Waals surface area contributed by atoms with E-state index in [1.165, 1.54) is 49.3 Å². The van der Waals surface area contributed by atoms with E-state index in [0.717, 1.165) is 39.7 Å². The summed E-state index contributed by atoms with van der Waals surface area (Å²) in [6, 6.07) is 25.7. The maximum atomic E-state index is 12.3. The molecular formula is C37H50N6O8S4. The van der Waals surface area contributed by atoms with Crippen molar-refractivity contribution in [1.82, 2.24) is 0 Å². The summed E-state index contributed by atoms with van der Waals surface area (Å²) in [5, 5.41) is 3.53. The largest absolute Gasteiger partial charge is 0.748 e. The van der Waals surface area contributed by atoms with Crippen molar-refractivity contribution < 1.29 is 44.7 Å². The molecule has 0 aliphatic carbocycles. The lowest BCUT2D eigenvalue weighted by molar-refractivity contribution is -0.786. The highest BCUT2D eigenvalue weighted by molar-refractivity contribution is 8.00. The van der Waals surface area contributed by atoms with Crippen LogP contribution in [0.3, 0.4) is 0 Å². The van der Waals surface area contributed by atoms with Gasteiger partial charge in [0.05, 0.1) is 68.2 Å². The van der Waals surface area contributed by atoms with E-state index in [4.69, 9.17) is 0 Å². The predicted octanol–water partition coefficient (Wildman–Crippen LogP) is 4.06. The Morgan fingerprint density at radius 3 is 1.36 bits per heavy atom. The molecule has 0 aromatic heterocycles. The smallest absolute Gasteiger partial charge is 0.228 e. The Balaban J connectivity index is 0.000000230. The number of rotatable bonds is 6. The average molecular weight is 835 g/mol. The zero-order valence-electron chi connectivity index (χ0n) is 32.9. The van der Waals surface area contributed by atoms with Crippen molar-refractivity contribution in [2.75, 3.05) is 89.3 Å². The van der Waals surface area contributed by atoms with E-state index in [2.05, 4.69) is 108 Å². The number of anilines is 6. The van der Waals surface area contributed by atoms with Crippen LogP contribution in [0, 0.1) is 0 Å². The Hall–Kier alpha value is -3.85. The first kappa shape index (κ1) is 45.5. The standard InChI is InChI=1S/C18H21N3OS.C16H19N3S.C2H6O3S.CH4O4S/c1-12(22)21-15-8-6-13(19(2)3)10-17(15)23-18-11-14(20(4)5)7-9-16(18)21;1-18(2)11-5-7-13-15(9-11)20-16-10-12(19(3)4)6-8-14(16)17-13;1-2-6(3,4)5;1-5-6(2,3)4/h6-11H,1-5H3;5-10,17H,1-4H3;2H2,1H3,(H,3,4,5);1H3,(H,2,3,4). The quantitative estimate of drug-likeness (QED) is 0.166. The van der Waals surface area contributed by atoms with Crippen LogP contribution in [0.1, 0.15) is 13.8 Å². The van der Waals surface area contributed by atoms with E-state index >= 15 is 0 Å². The molecule has 0 bridgehead atoms. The Kier molecular flexibility index (Phi) is 16.0. The third-order valence-corrected chi connectivity index (χ3v) is 11.4. The van der Waals surface area contributed by atoms with E-state index in [1.807, 2.05) is 52.1 Å². The van der Waals surface area contributed by atoms with Gasteiger partial charge in [-0.3, -0.25) is 13.9 Å². The second-order valence-electron chi connectivity index (χ2n) is 13.1. The number of quaternary nitrogens is 2. The summed E-state index contributed by atoms with van der Waals surface area (Å²) in [5.41, 5.74) is 9.22. The van der Waals surface area contributed by atoms with Crippen molar-refractivity contribution in [2.24, 2.45) is 0 Å². The van der Waals surface area contributed by atoms with Crippen molar-refractivity contribution in [1.29, 1.82) is 0 Å². The lowest BCUT2D eigenvalue weighted by Gasteiger charge is -2.32. The van der Waals surface area contributed by atoms with Crippen LogP contribution >= 0.6 is 23.5 Å². The van der Waals surface area contributed by atoms with Crippen molar-refractivity contribution in [2.45, 2.75) is 33.4 Å². The summed E-state index contributed by atoms with van der Waals surface area (Å²) in [5.74, 6) is -0.282. The monoisotopic (exact) mass is 834 g/mol. The third kappa shape index (κ3) is 13.1. The number of nitrogens with one attached hydrogen (secondary N) is 3. The van der Waals surface area contributed by atoms with Gasteiger partial charge in [0.1, 0.15) is 11.4 Å². The minimum atomic E-state index is -4.41. The average Bonchev–Trinajstić information content (AvgIpc) is 3.11. The highest BCUT2D eigenvalue weighted by Gasteiger charge is 2.27. The van der Waals surface area contributed by atoms with Crippen molar-refractivity contribution >= 4 is 95.4 Å². The Morgan fingerprint density at radius 1 is 0.709 bits per heavy atom. The normalized spacial score (nSPS) is 12.5. The van der Waals surface area contributed by atoms with Gasteiger partial charge in [-0.1, -0.05) is 30.4 Å². The SMILES string of the molecule is CC(=O)N1c2ccc(N(C)C)cc2Sc2cc(N(C)C)ccc21.CCS(=O)(=O)[O-].COS(=O)(=O)[O-].C[NH+](C)c1ccc2c(c1)Sc1cc([NH+](C)C)ccc1N2. The highest BCUT2D eigenvalue weighted by Crippen LogP contribution is 2.50. The summed E-state index contributed by atoms with van der Waals surface area (Å²) in [6.07, 6.45) is 0. The van der Waals surface area contributed by atoms with Gasteiger partial charge in [-0.25, -0.2) is 16.8 Å². The first-order chi connectivity index (χ1) is 25.5. The van der Waals surface area contributed by atoms with Gasteiger partial charge in [-0.05, 0) is 48.5 Å². The minimum absolute atomic E-state index is 0.0306. The number of carbonyl (C=O) groups is 1. The van der Waals surface area contributed by atoms with E-state index in [1.54, 1.807) is 23.6 Å². The molecule has 0 spiro atoms. The first-order valence-electron chi connectivity index (χ1n) is 17.0. The molecule has 14 nitrogen and oxygen atoms in total. The second-order valence-corrected chi connectivity index (χ2v) is 18.1. The van der Waals surface area contributed by atoms with Crippen molar-refractivity contribution in [3.8, 4) is 0 Å². The van der Waals surface area contributed by atoms with Gasteiger partial charge in [0.2, 0.25) is 16.3 Å². The summed E-state index contributed by atoms with van der Waals surface area (Å²) >= 11 is 3.58. The zero-order chi connectivity index (χ0) is 41.4. The molecule has 2 heterocycles. The van der Waals surface area contributed by atoms with Gasteiger partial charge < -0.3 is 34.0 Å². The maximum absolute atomic E-state index is 12.3. The molecule has 0 unspecified atom stereocenters. The predicted molar refractivity (Wildman–Crippen MR) is 221 cm³/mol. The van der Waals surface area contributed by atoms with Crippen LogP contribution in [0.15, 0.2) is 92.4 Å². The lowest BCUT2D eigenvalue weighted by atomic mass is 10.2. The van der Waals surface area contributed by atoms with Gasteiger partial charge >= 0.3 is 0 Å². The van der Waals surface area contributed by atoms with Crippen LogP contribution in [-0.2, 0) is 29.5 Å². The molecule has 2 aliphatic rings. The second kappa shape index (κ2) is 19.3. The van der Waals surface area contributed by atoms with Gasteiger partial charge in [0.15, 0.2) is 0 Å². The number of amides is 1. The molecule has 55 heavy (non-hydrogen) atoms. The fourth-order valence-electron chi connectivity index (χ4n) is 4.99. The van der Waals surface area contributed by atoms with Gasteiger partial charge in [0.25, 0.3) is 0 Å². The fourth-order valence-corrected chi connectivity index (χ4v) is 7.18. The molecule has 0 radical (unpaired) electrons. The van der Waals surface area contributed by atoms with E-state index in [-0.39, 0.29) is 11.7 Å². The molecule has 4 aromatic carbocycles. The molecule has 0 atom stereocenters. The molecule has 4 aromatic rings. The highest BCUT2D eigenvalue weighted by atomic mass is 32.3. The number of benzene rings is 4. The number of hydrogen-bond donors (Lipinski definition) is 3. The Morgan fingerprint density at radius 2 is 1.07 bits per heavy atom. The molecule has 2 aliphatic heterocycles. The zero-order valence-corrected chi connectivity index (χ0v) is 36.1. The van der Waals surface area contributed by atoms with E-state index in [9.17, 15) is 30.7 Å². The van der Waals surface area contributed by atoms with Crippen LogP contribution in [0.4, 0.5) is 45.5 Å². The van der Waals surface area contributed by atoms with E-state index < -0.39 is 20.5 Å². The molecule has 0 saturated carbocycles. The molecule has 0 fully saturated rings. The number of carbonyl (C=O) groups excluding carboxylic acids is 1. The number of hydrogen-bond acceptors (Lipinski definition) is 13. The molecule has 18 heteroatoms. The van der Waals surface area contributed by atoms with Gasteiger partial charge in [-0.15, -0.1) is 0 Å². The third-order valence-electron chi connectivity index (χ3n) is 8.10. The number of fused-ring (bicyclic) bond motifs is 4. The maximum Gasteiger partial charge on any atom is 0.228 e. The summed E-state index contributed by atoms with van der Waals surface area (Å²) < 4.78 is 59.4. The fraction of sp³-hybridized carbons (Fsp3) is 0.324. The van der Waals surface area contributed by atoms with Crippen LogP contribution in [0.2, 0.25) is 0 Å². The molecule has 6 rings (SSSR count). The first-order valence-corrected chi connectivity index (χ1v) is 21.5. The Bertz CT molecular complexity index is 2050. The molecule has 3 N–H and O–H groups in total. The van der Waals surface area contributed by atoms with E-state index in [0.29, 0.717) is 0 Å². The summed E-state index contributed by atoms with van der Waals surface area (Å²) in [6.45, 7) is 2.92. The molecular weight excluding hydrogens is 785 g/mol. The Labute approximate surface area is 334 Å². The number of nitrogens with zero attached hydrogens (tertiary/aromatic N) is 3. The lowest BCUT2D eigenvalue weighted by Crippen LogP contribution is -3.00. The molecule has 0 saturated heterocycles. The minimum Gasteiger partial charge on any atom is -0.748 e. The van der Waals surface area contributed by atoms with Gasteiger partial charge in [-0.2, -0.15) is 0 Å². The van der Waals surface area contributed by atoms with Crippen LogP contribution in [-0.4, -0.2) is 101 Å². The topological polar surface area (TPSA) is 171 Å². The van der Waals surface area contributed by atoms with Crippen molar-refractivity contribution in [3.63, 3.8) is 0 Å².